The summed E-state index contributed by atoms with van der Waals surface area (Å²) < 4.78 is 5.43. The van der Waals surface area contributed by atoms with Gasteiger partial charge in [0.15, 0.2) is 0 Å². The van der Waals surface area contributed by atoms with E-state index in [9.17, 15) is 4.79 Å². The van der Waals surface area contributed by atoms with E-state index in [0.29, 0.717) is 27.9 Å². The maximum atomic E-state index is 12.8. The van der Waals surface area contributed by atoms with Gasteiger partial charge in [0.05, 0.1) is 11.1 Å². The summed E-state index contributed by atoms with van der Waals surface area (Å²) >= 11 is 6.03. The number of aromatic nitrogens is 2. The average molecular weight is 383 g/mol. The first-order valence-electron chi connectivity index (χ1n) is 8.91. The fraction of sp³-hybridized carbons (Fsp3) is 0.250. The predicted molar refractivity (Wildman–Crippen MR) is 104 cm³/mol. The van der Waals surface area contributed by atoms with Gasteiger partial charge in [0.25, 0.3) is 11.8 Å². The molecule has 6 nitrogen and oxygen atoms in total. The van der Waals surface area contributed by atoms with E-state index in [-0.39, 0.29) is 11.9 Å². The number of nitrogens with one attached hydrogen (secondary N) is 2. The normalized spacial score (nSPS) is 14.9. The largest absolute Gasteiger partial charge is 0.349 e. The number of hydrogen-bond acceptors (Lipinski definition) is 5. The van der Waals surface area contributed by atoms with Crippen LogP contribution in [-0.2, 0) is 0 Å². The molecule has 7 heteroatoms. The van der Waals surface area contributed by atoms with Crippen molar-refractivity contribution in [3.8, 4) is 22.8 Å². The molecular formula is C20H19ClN4O2. The Kier molecular flexibility index (Phi) is 5.18. The molecule has 3 aromatic rings. The first kappa shape index (κ1) is 17.7. The van der Waals surface area contributed by atoms with Crippen LogP contribution in [0.4, 0.5) is 0 Å². The van der Waals surface area contributed by atoms with Crippen LogP contribution < -0.4 is 10.6 Å². The molecule has 1 aromatic heterocycles. The van der Waals surface area contributed by atoms with Gasteiger partial charge >= 0.3 is 0 Å². The Morgan fingerprint density at radius 2 is 1.96 bits per heavy atom. The molecule has 2 aromatic carbocycles. The first-order chi connectivity index (χ1) is 13.2. The van der Waals surface area contributed by atoms with Crippen LogP contribution in [0, 0.1) is 0 Å². The minimum atomic E-state index is -0.125. The zero-order valence-corrected chi connectivity index (χ0v) is 15.4. The van der Waals surface area contributed by atoms with Crippen LogP contribution in [0.2, 0.25) is 5.02 Å². The van der Waals surface area contributed by atoms with E-state index in [1.807, 2.05) is 30.3 Å². The molecule has 0 atom stereocenters. The number of nitrogens with zero attached hydrogens (tertiary/aromatic N) is 2. The molecule has 0 aliphatic carbocycles. The summed E-state index contributed by atoms with van der Waals surface area (Å²) in [6.07, 6.45) is 1.85. The van der Waals surface area contributed by atoms with Crippen molar-refractivity contribution in [2.24, 2.45) is 0 Å². The Morgan fingerprint density at radius 1 is 1.15 bits per heavy atom. The summed E-state index contributed by atoms with van der Waals surface area (Å²) in [5.41, 5.74) is 1.90. The van der Waals surface area contributed by atoms with Gasteiger partial charge in [0.2, 0.25) is 5.82 Å². The van der Waals surface area contributed by atoms with E-state index in [4.69, 9.17) is 16.1 Å². The fourth-order valence-electron chi connectivity index (χ4n) is 3.17. The van der Waals surface area contributed by atoms with Gasteiger partial charge in [-0.3, -0.25) is 4.79 Å². The zero-order valence-electron chi connectivity index (χ0n) is 14.6. The zero-order chi connectivity index (χ0) is 18.6. The van der Waals surface area contributed by atoms with Crippen molar-refractivity contribution in [3.63, 3.8) is 0 Å². The molecule has 1 aliphatic rings. The number of benzene rings is 2. The van der Waals surface area contributed by atoms with Crippen LogP contribution in [0.5, 0.6) is 0 Å². The smallest absolute Gasteiger partial charge is 0.259 e. The molecule has 1 aliphatic heterocycles. The third-order valence-electron chi connectivity index (χ3n) is 4.59. The average Bonchev–Trinajstić information content (AvgIpc) is 3.19. The first-order valence-corrected chi connectivity index (χ1v) is 9.29. The number of carbonyl (C=O) groups excluding carboxylic acids is 1. The SMILES string of the molecule is O=C(NC1CCNCC1)c1ccccc1-c1nc(-c2cccc(Cl)c2)no1. The third kappa shape index (κ3) is 4.02. The summed E-state index contributed by atoms with van der Waals surface area (Å²) in [5.74, 6) is 0.613. The molecule has 0 saturated carbocycles. The summed E-state index contributed by atoms with van der Waals surface area (Å²) in [5, 5.41) is 11.0. The summed E-state index contributed by atoms with van der Waals surface area (Å²) in [7, 11) is 0. The van der Waals surface area contributed by atoms with Gasteiger partial charge in [0, 0.05) is 16.6 Å². The fourth-order valence-corrected chi connectivity index (χ4v) is 3.37. The van der Waals surface area contributed by atoms with Gasteiger partial charge in [0.1, 0.15) is 0 Å². The van der Waals surface area contributed by atoms with Crippen molar-refractivity contribution in [2.45, 2.75) is 18.9 Å². The van der Waals surface area contributed by atoms with E-state index in [1.54, 1.807) is 18.2 Å². The lowest BCUT2D eigenvalue weighted by Crippen LogP contribution is -2.42. The lowest BCUT2D eigenvalue weighted by Gasteiger charge is -2.23. The van der Waals surface area contributed by atoms with Crippen LogP contribution in [-0.4, -0.2) is 35.2 Å². The van der Waals surface area contributed by atoms with Crippen LogP contribution in [0.1, 0.15) is 23.2 Å². The summed E-state index contributed by atoms with van der Waals surface area (Å²) in [4.78, 5) is 17.2. The van der Waals surface area contributed by atoms with E-state index in [2.05, 4.69) is 20.8 Å². The highest BCUT2D eigenvalue weighted by molar-refractivity contribution is 6.30. The number of amides is 1. The lowest BCUT2D eigenvalue weighted by molar-refractivity contribution is 0.0930. The highest BCUT2D eigenvalue weighted by Gasteiger charge is 2.21. The van der Waals surface area contributed by atoms with Crippen LogP contribution in [0.3, 0.4) is 0 Å². The molecule has 0 unspecified atom stereocenters. The molecule has 2 heterocycles. The van der Waals surface area contributed by atoms with E-state index in [1.165, 1.54) is 0 Å². The van der Waals surface area contributed by atoms with Gasteiger partial charge < -0.3 is 15.2 Å². The minimum absolute atomic E-state index is 0.125. The molecular weight excluding hydrogens is 364 g/mol. The molecule has 138 valence electrons. The number of rotatable bonds is 4. The molecule has 1 saturated heterocycles. The number of halogens is 1. The standard InChI is InChI=1S/C20H19ClN4O2/c21-14-5-3-4-13(12-14)18-24-20(27-25-18)17-7-2-1-6-16(17)19(26)23-15-8-10-22-11-9-15/h1-7,12,15,22H,8-11H2,(H,23,26). The lowest BCUT2D eigenvalue weighted by atomic mass is 10.0. The molecule has 1 amide bonds. The van der Waals surface area contributed by atoms with E-state index >= 15 is 0 Å². The van der Waals surface area contributed by atoms with Gasteiger partial charge in [-0.25, -0.2) is 0 Å². The number of hydrogen-bond donors (Lipinski definition) is 2. The Labute approximate surface area is 161 Å². The maximum Gasteiger partial charge on any atom is 0.259 e. The van der Waals surface area contributed by atoms with Crippen LogP contribution in [0.15, 0.2) is 53.1 Å². The van der Waals surface area contributed by atoms with Gasteiger partial charge in [-0.1, -0.05) is 41.0 Å². The van der Waals surface area contributed by atoms with Crippen molar-refractivity contribution in [1.82, 2.24) is 20.8 Å². The maximum absolute atomic E-state index is 12.8. The molecule has 4 rings (SSSR count). The number of piperidine rings is 1. The van der Waals surface area contributed by atoms with Crippen molar-refractivity contribution >= 4 is 17.5 Å². The van der Waals surface area contributed by atoms with Crippen molar-refractivity contribution in [2.75, 3.05) is 13.1 Å². The Morgan fingerprint density at radius 3 is 2.78 bits per heavy atom. The topological polar surface area (TPSA) is 80.0 Å². The predicted octanol–water partition coefficient (Wildman–Crippen LogP) is 3.54. The second-order valence-corrected chi connectivity index (χ2v) is 6.91. The highest BCUT2D eigenvalue weighted by Crippen LogP contribution is 2.26. The van der Waals surface area contributed by atoms with Crippen molar-refractivity contribution < 1.29 is 9.32 Å². The minimum Gasteiger partial charge on any atom is -0.349 e. The molecule has 1 fully saturated rings. The van der Waals surface area contributed by atoms with Gasteiger partial charge in [-0.2, -0.15) is 4.98 Å². The van der Waals surface area contributed by atoms with Gasteiger partial charge in [-0.15, -0.1) is 0 Å². The molecule has 0 bridgehead atoms. The number of carbonyl (C=O) groups is 1. The quantitative estimate of drug-likeness (QED) is 0.721. The monoisotopic (exact) mass is 382 g/mol. The van der Waals surface area contributed by atoms with E-state index in [0.717, 1.165) is 31.5 Å². The molecule has 27 heavy (non-hydrogen) atoms. The second kappa shape index (κ2) is 7.90. The van der Waals surface area contributed by atoms with E-state index < -0.39 is 0 Å². The highest BCUT2D eigenvalue weighted by atomic mass is 35.5. The van der Waals surface area contributed by atoms with Crippen molar-refractivity contribution in [1.29, 1.82) is 0 Å². The Bertz CT molecular complexity index is 950. The third-order valence-corrected chi connectivity index (χ3v) is 4.82. The van der Waals surface area contributed by atoms with Crippen LogP contribution >= 0.6 is 11.6 Å². The Hall–Kier alpha value is -2.70. The van der Waals surface area contributed by atoms with Crippen LogP contribution in [0.25, 0.3) is 22.8 Å². The summed E-state index contributed by atoms with van der Waals surface area (Å²) in [6.45, 7) is 1.83. The molecule has 0 spiro atoms. The second-order valence-electron chi connectivity index (χ2n) is 6.48. The summed E-state index contributed by atoms with van der Waals surface area (Å²) in [6, 6.07) is 14.7. The molecule has 0 radical (unpaired) electrons. The van der Waals surface area contributed by atoms with Crippen molar-refractivity contribution in [3.05, 3.63) is 59.1 Å². The van der Waals surface area contributed by atoms with Gasteiger partial charge in [-0.05, 0) is 50.2 Å². The molecule has 2 N–H and O–H groups in total. The Balaban J connectivity index is 1.60.